The molecular formula is C11H7NS2. The number of benzene rings is 1. The zero-order valence-corrected chi connectivity index (χ0v) is 8.94. The molecule has 0 radical (unpaired) electrons. The van der Waals surface area contributed by atoms with Crippen molar-refractivity contribution in [2.24, 2.45) is 0 Å². The Kier molecular flexibility index (Phi) is 2.87. The van der Waals surface area contributed by atoms with E-state index in [4.69, 9.17) is 6.57 Å². The Hall–Kier alpha value is -1.24. The monoisotopic (exact) mass is 217 g/mol. The van der Waals surface area contributed by atoms with Gasteiger partial charge in [0.05, 0.1) is 10.8 Å². The summed E-state index contributed by atoms with van der Waals surface area (Å²) in [4.78, 5) is 4.60. The average molecular weight is 217 g/mol. The van der Waals surface area contributed by atoms with Gasteiger partial charge >= 0.3 is 0 Å². The van der Waals surface area contributed by atoms with Crippen LogP contribution in [0.1, 0.15) is 0 Å². The molecule has 1 heterocycles. The van der Waals surface area contributed by atoms with Crippen LogP contribution in [0.3, 0.4) is 0 Å². The first kappa shape index (κ1) is 9.32. The Labute approximate surface area is 91.2 Å². The van der Waals surface area contributed by atoms with Crippen molar-refractivity contribution in [2.75, 3.05) is 0 Å². The molecule has 0 aliphatic carbocycles. The highest BCUT2D eigenvalue weighted by molar-refractivity contribution is 8.01. The molecule has 2 aromatic rings. The zero-order valence-electron chi connectivity index (χ0n) is 7.31. The van der Waals surface area contributed by atoms with Crippen molar-refractivity contribution >= 4 is 28.1 Å². The Bertz CT molecular complexity index is 454. The zero-order chi connectivity index (χ0) is 9.80. The van der Waals surface area contributed by atoms with Gasteiger partial charge < -0.3 is 0 Å². The fourth-order valence-electron chi connectivity index (χ4n) is 1.03. The van der Waals surface area contributed by atoms with Gasteiger partial charge in [0, 0.05) is 4.90 Å². The smallest absolute Gasteiger partial charge is 0.227 e. The lowest BCUT2D eigenvalue weighted by Crippen LogP contribution is -1.65. The molecule has 0 aliphatic rings. The molecule has 0 fully saturated rings. The standard InChI is InChI=1S/C11H7NS2/c1-12-10-7-8-11(14-10)13-9-5-3-2-4-6-9/h2-8H. The SMILES string of the molecule is [C-]#[N+]c1ccc(Sc2ccccc2)s1. The van der Waals surface area contributed by atoms with Gasteiger partial charge in [-0.15, -0.1) is 11.3 Å². The summed E-state index contributed by atoms with van der Waals surface area (Å²) >= 11 is 3.24. The molecule has 2 rings (SSSR count). The van der Waals surface area contributed by atoms with E-state index in [1.165, 1.54) is 20.4 Å². The molecule has 3 heteroatoms. The van der Waals surface area contributed by atoms with Crippen LogP contribution >= 0.6 is 23.1 Å². The van der Waals surface area contributed by atoms with Gasteiger partial charge in [-0.1, -0.05) is 30.0 Å². The number of rotatable bonds is 2. The first-order chi connectivity index (χ1) is 6.88. The van der Waals surface area contributed by atoms with Crippen molar-refractivity contribution in [1.82, 2.24) is 0 Å². The van der Waals surface area contributed by atoms with E-state index in [2.05, 4.69) is 17.0 Å². The molecule has 0 bridgehead atoms. The van der Waals surface area contributed by atoms with E-state index in [-0.39, 0.29) is 0 Å². The van der Waals surface area contributed by atoms with Crippen molar-refractivity contribution in [3.05, 3.63) is 53.9 Å². The number of nitrogens with zero attached hydrogens (tertiary/aromatic N) is 1. The lowest BCUT2D eigenvalue weighted by atomic mass is 10.4. The van der Waals surface area contributed by atoms with Gasteiger partial charge in [0.25, 0.3) is 0 Å². The molecule has 1 aromatic carbocycles. The van der Waals surface area contributed by atoms with Gasteiger partial charge in [0.2, 0.25) is 5.00 Å². The second-order valence-electron chi connectivity index (χ2n) is 2.62. The van der Waals surface area contributed by atoms with Gasteiger partial charge in [0.1, 0.15) is 0 Å². The maximum atomic E-state index is 6.86. The van der Waals surface area contributed by atoms with Crippen LogP contribution in [0, 0.1) is 6.57 Å². The van der Waals surface area contributed by atoms with Crippen molar-refractivity contribution in [3.63, 3.8) is 0 Å². The third kappa shape index (κ3) is 2.16. The van der Waals surface area contributed by atoms with Crippen LogP contribution in [0.15, 0.2) is 51.6 Å². The molecule has 0 unspecified atom stereocenters. The molecule has 14 heavy (non-hydrogen) atoms. The minimum Gasteiger partial charge on any atom is -0.227 e. The number of thiophene rings is 1. The van der Waals surface area contributed by atoms with Crippen LogP contribution in [0.5, 0.6) is 0 Å². The Morgan fingerprint density at radius 3 is 2.50 bits per heavy atom. The molecule has 68 valence electrons. The van der Waals surface area contributed by atoms with Gasteiger partial charge in [-0.25, -0.2) is 4.85 Å². The molecule has 0 amide bonds. The molecule has 0 spiro atoms. The van der Waals surface area contributed by atoms with Crippen LogP contribution in [0.2, 0.25) is 0 Å². The second-order valence-corrected chi connectivity index (χ2v) is 5.06. The third-order valence-corrected chi connectivity index (χ3v) is 3.76. The van der Waals surface area contributed by atoms with Crippen molar-refractivity contribution in [3.8, 4) is 0 Å². The molecule has 0 saturated carbocycles. The van der Waals surface area contributed by atoms with E-state index < -0.39 is 0 Å². The lowest BCUT2D eigenvalue weighted by molar-refractivity contribution is 1.46. The Morgan fingerprint density at radius 2 is 1.86 bits per heavy atom. The van der Waals surface area contributed by atoms with E-state index >= 15 is 0 Å². The van der Waals surface area contributed by atoms with Crippen LogP contribution in [0.4, 0.5) is 5.00 Å². The molecular weight excluding hydrogens is 210 g/mol. The van der Waals surface area contributed by atoms with E-state index in [9.17, 15) is 0 Å². The van der Waals surface area contributed by atoms with Crippen LogP contribution in [-0.2, 0) is 0 Å². The topological polar surface area (TPSA) is 4.36 Å². The second kappa shape index (κ2) is 4.32. The fraction of sp³-hybridized carbons (Fsp3) is 0. The van der Waals surface area contributed by atoms with Crippen molar-refractivity contribution < 1.29 is 0 Å². The number of hydrogen-bond acceptors (Lipinski definition) is 2. The minimum absolute atomic E-state index is 0.753. The van der Waals surface area contributed by atoms with Gasteiger partial charge in [-0.05, 0) is 24.3 Å². The van der Waals surface area contributed by atoms with Crippen LogP contribution in [0.25, 0.3) is 4.85 Å². The summed E-state index contributed by atoms with van der Waals surface area (Å²) in [7, 11) is 0. The normalized spacial score (nSPS) is 9.64. The molecule has 0 atom stereocenters. The van der Waals surface area contributed by atoms with Crippen molar-refractivity contribution in [2.45, 2.75) is 9.10 Å². The molecule has 1 nitrogen and oxygen atoms in total. The molecule has 0 N–H and O–H groups in total. The predicted molar refractivity (Wildman–Crippen MR) is 61.1 cm³/mol. The summed E-state index contributed by atoms with van der Waals surface area (Å²) in [6.45, 7) is 6.86. The summed E-state index contributed by atoms with van der Waals surface area (Å²) in [6, 6.07) is 14.0. The van der Waals surface area contributed by atoms with Crippen LogP contribution in [-0.4, -0.2) is 0 Å². The lowest BCUT2D eigenvalue weighted by Gasteiger charge is -1.96. The quantitative estimate of drug-likeness (QED) is 0.672. The van der Waals surface area contributed by atoms with Gasteiger partial charge in [0.15, 0.2) is 0 Å². The maximum absolute atomic E-state index is 6.86. The van der Waals surface area contributed by atoms with Crippen molar-refractivity contribution in [1.29, 1.82) is 0 Å². The fourth-order valence-corrected chi connectivity index (χ4v) is 2.93. The first-order valence-corrected chi connectivity index (χ1v) is 5.72. The molecule has 0 saturated heterocycles. The number of hydrogen-bond donors (Lipinski definition) is 0. The highest BCUT2D eigenvalue weighted by Crippen LogP contribution is 2.36. The maximum Gasteiger partial charge on any atom is 0.242 e. The Morgan fingerprint density at radius 1 is 1.07 bits per heavy atom. The third-order valence-electron chi connectivity index (χ3n) is 1.64. The van der Waals surface area contributed by atoms with Gasteiger partial charge in [-0.3, -0.25) is 0 Å². The molecule has 0 aliphatic heterocycles. The summed E-state index contributed by atoms with van der Waals surface area (Å²) in [5.41, 5.74) is 0. The highest BCUT2D eigenvalue weighted by atomic mass is 32.2. The molecule has 1 aromatic heterocycles. The minimum atomic E-state index is 0.753. The average Bonchev–Trinajstić information content (AvgIpc) is 2.67. The summed E-state index contributed by atoms with van der Waals surface area (Å²) < 4.78 is 1.17. The summed E-state index contributed by atoms with van der Waals surface area (Å²) in [5, 5.41) is 0.753. The van der Waals surface area contributed by atoms with E-state index in [1.807, 2.05) is 30.3 Å². The summed E-state index contributed by atoms with van der Waals surface area (Å²) in [6.07, 6.45) is 0. The van der Waals surface area contributed by atoms with Crippen LogP contribution < -0.4 is 0 Å². The Balaban J connectivity index is 2.16. The summed E-state index contributed by atoms with van der Waals surface area (Å²) in [5.74, 6) is 0. The first-order valence-electron chi connectivity index (χ1n) is 4.09. The van der Waals surface area contributed by atoms with E-state index in [0.717, 1.165) is 5.00 Å². The van der Waals surface area contributed by atoms with E-state index in [0.29, 0.717) is 0 Å². The van der Waals surface area contributed by atoms with E-state index in [1.54, 1.807) is 11.8 Å². The predicted octanol–water partition coefficient (Wildman–Crippen LogP) is 4.45. The van der Waals surface area contributed by atoms with Gasteiger partial charge in [-0.2, -0.15) is 0 Å². The largest absolute Gasteiger partial charge is 0.242 e. The highest BCUT2D eigenvalue weighted by Gasteiger charge is 2.00.